The molecule has 3 fully saturated rings. The molecule has 3 aromatic rings. The van der Waals surface area contributed by atoms with Crippen molar-refractivity contribution in [1.82, 2.24) is 28.7 Å². The zero-order valence-corrected chi connectivity index (χ0v) is 97.8. The monoisotopic (exact) mass is 2450 g/mol. The second-order valence-electron chi connectivity index (χ2n) is 24.5. The van der Waals surface area contributed by atoms with E-state index in [-0.39, 0.29) is 106 Å². The van der Waals surface area contributed by atoms with Gasteiger partial charge in [-0.05, 0) is 55.2 Å². The Bertz CT molecular complexity index is 5660. The third kappa shape index (κ3) is 50.4. The van der Waals surface area contributed by atoms with Gasteiger partial charge in [-0.3, -0.25) is 24.4 Å². The predicted octanol–water partition coefficient (Wildman–Crippen LogP) is 7.82. The highest BCUT2D eigenvalue weighted by Crippen LogP contribution is 2.46. The van der Waals surface area contributed by atoms with Crippen LogP contribution in [-0.2, 0) is 407 Å². The Morgan fingerprint density at radius 2 is 0.683 bits per heavy atom. The van der Waals surface area contributed by atoms with E-state index in [0.717, 1.165) is 17.4 Å². The number of hydrogen-bond acceptors (Lipinski definition) is 26. The highest BCUT2D eigenvalue weighted by molar-refractivity contribution is 8.81. The fourth-order valence-electron chi connectivity index (χ4n) is 8.31. The van der Waals surface area contributed by atoms with Crippen LogP contribution in [0.15, 0.2) is 51.2 Å². The first-order valence-electron chi connectivity index (χ1n) is 32.1. The van der Waals surface area contributed by atoms with Gasteiger partial charge in [0.1, 0.15) is 18.3 Å². The molecule has 3 saturated heterocycles. The normalized spacial score (nSPS) is 19.3. The van der Waals surface area contributed by atoms with E-state index >= 15 is 0 Å². The van der Waals surface area contributed by atoms with Crippen molar-refractivity contribution in [2.75, 3.05) is 23.0 Å². The summed E-state index contributed by atoms with van der Waals surface area (Å²) in [6.07, 6.45) is 0.207. The maximum atomic E-state index is 12.7. The molecule has 3 unspecified atom stereocenters. The number of carbonyl (C=O) groups is 2. The minimum Gasteiger partial charge on any atom is -0.409 e. The maximum Gasteiger partial charge on any atom is 0.351 e. The number of carbonyl (C=O) groups excluding carboxylic acids is 2. The molecule has 700 valence electrons. The second kappa shape index (κ2) is 74.1. The van der Waals surface area contributed by atoms with Crippen LogP contribution in [0.4, 0.5) is 17.5 Å². The average Bonchev–Trinajstić information content (AvgIpc) is 1.61. The highest BCUT2D eigenvalue weighted by Gasteiger charge is 2.51. The van der Waals surface area contributed by atoms with Crippen LogP contribution in [0.5, 0.6) is 0 Å². The molecule has 6 heterocycles. The molecule has 0 spiro atoms. The summed E-state index contributed by atoms with van der Waals surface area (Å²) in [5.74, 6) is -0.336. The lowest BCUT2D eigenvalue weighted by Gasteiger charge is -2.40. The van der Waals surface area contributed by atoms with Gasteiger partial charge in [-0.1, -0.05) is 113 Å². The van der Waals surface area contributed by atoms with Crippen molar-refractivity contribution in [3.8, 4) is 0 Å². The first-order valence-corrected chi connectivity index (χ1v) is 88.6. The molecular weight excluding hydrogens is 2360 g/mol. The van der Waals surface area contributed by atoms with E-state index in [1.807, 2.05) is 201 Å². The first kappa shape index (κ1) is 128. The van der Waals surface area contributed by atoms with Crippen molar-refractivity contribution in [3.63, 3.8) is 0 Å². The molecule has 12 atom stereocenters. The van der Waals surface area contributed by atoms with Gasteiger partial charge >= 0.3 is 29.0 Å². The number of nitrogens with one attached hydrogen (secondary N) is 3. The molecule has 3 aliphatic heterocycles. The van der Waals surface area contributed by atoms with Crippen molar-refractivity contribution in [3.05, 3.63) is 68.2 Å². The molecule has 120 heavy (non-hydrogen) atoms. The first-order chi connectivity index (χ1) is 55.3. The smallest absolute Gasteiger partial charge is 0.351 e. The zero-order chi connectivity index (χ0) is 86.7. The third-order valence-corrected chi connectivity index (χ3v) is 102. The van der Waals surface area contributed by atoms with E-state index in [0.29, 0.717) is 0 Å². The Hall–Kier alpha value is 3.85. The van der Waals surface area contributed by atoms with Crippen LogP contribution in [0.3, 0.4) is 0 Å². The van der Waals surface area contributed by atoms with Crippen LogP contribution in [-0.4, -0.2) is 127 Å². The zero-order valence-electron chi connectivity index (χ0n) is 63.1. The van der Waals surface area contributed by atoms with Gasteiger partial charge in [0.05, 0.1) is 31.0 Å². The van der Waals surface area contributed by atoms with Crippen LogP contribution in [0.2, 0.25) is 36.3 Å². The topological polar surface area (TPSA) is 320 Å². The Balaban J connectivity index is -0.00000152. The van der Waals surface area contributed by atoms with Gasteiger partial charge in [0, 0.05) is 420 Å². The van der Waals surface area contributed by atoms with Crippen LogP contribution in [0.25, 0.3) is 0 Å². The van der Waals surface area contributed by atoms with E-state index in [1.165, 1.54) is 45.2 Å². The van der Waals surface area contributed by atoms with E-state index < -0.39 is 89.2 Å². The molecule has 0 aliphatic carbocycles. The molecule has 0 saturated carbocycles. The molecule has 3 aliphatic rings. The van der Waals surface area contributed by atoms with Crippen molar-refractivity contribution in [1.29, 1.82) is 0 Å². The van der Waals surface area contributed by atoms with Gasteiger partial charge in [-0.2, -0.15) is 15.0 Å². The lowest BCUT2D eigenvalue weighted by molar-refractivity contribution is -0.141. The van der Waals surface area contributed by atoms with Crippen LogP contribution < -0.4 is 33.5 Å². The molecule has 7 N–H and O–H groups in total. The van der Waals surface area contributed by atoms with Crippen LogP contribution >= 0.6 is 0 Å². The summed E-state index contributed by atoms with van der Waals surface area (Å²) in [4.78, 5) is 80.1. The molecule has 25 nitrogen and oxygen atoms in total. The summed E-state index contributed by atoms with van der Waals surface area (Å²) >= 11 is 16.9. The standard InChI is InChI=1S/C20H35N3O5Si.C17H31N3O4Si.C12H17N3O7.4CH4.S38.S2/c1-9-14-13(3)17(28-29(7,8)20(4,5)6)18(26-14)23-12-11-15(21-19(23)25)22-27-16(24)10-2;1-8-12-11(2)14(24-25(6,7)17(3,4)5)15(23-12)20-10-9-13(19-22)18-16(20)21;1-2-8(17)22-14-7-3-4-15(12(20)13-7)11-10(19)9(18)6(5-16)21-11;;;;;1-3-5-7-9-11-13-15-17-19-21-23-25-27-29-31-33-35-37-38-36-34-32-30-28-26-24-22-20-18-16-14-12-10-8-6-4-2;1-2/h11-14,17-18H,9-10H2,1-8H3,(H,21,22,25);9-12,14-15,22H,8H2,1-7H3,(H,18,19,21);3-4,6,9-11,16,18-19H,2,5H2,1H3,(H,13,14,20);4*1H4;;/t13-,14+,17?,18+;11-,12+,14?,15+;6-,9+,10?,11-;;;;;;/m001....../s1. The summed E-state index contributed by atoms with van der Waals surface area (Å²) in [5, 5.41) is 37.6. The van der Waals surface area contributed by atoms with Crippen molar-refractivity contribution < 1.29 is 62.9 Å². The Morgan fingerprint density at radius 3 is 0.900 bits per heavy atom. The molecular formula is C53H99N9O16S40Si2. The van der Waals surface area contributed by atoms with Gasteiger partial charge in [0.2, 0.25) is 0 Å². The second-order valence-corrected chi connectivity index (χ2v) is 97.7. The summed E-state index contributed by atoms with van der Waals surface area (Å²) in [6.45, 7) is 33.2. The quantitative estimate of drug-likeness (QED) is 0.0500. The molecule has 0 bridgehead atoms. The summed E-state index contributed by atoms with van der Waals surface area (Å²) in [6, 6.07) is 4.46. The number of ether oxygens (including phenoxy) is 3. The fourth-order valence-corrected chi connectivity index (χ4v) is 104. The van der Waals surface area contributed by atoms with Gasteiger partial charge < -0.3 is 48.1 Å². The predicted molar refractivity (Wildman–Crippen MR) is 606 cm³/mol. The lowest BCUT2D eigenvalue weighted by atomic mass is 9.99. The average molecular weight is 2460 g/mol. The molecule has 0 radical (unpaired) electrons. The number of rotatable bonds is 17. The van der Waals surface area contributed by atoms with Gasteiger partial charge in [0.25, 0.3) is 0 Å². The van der Waals surface area contributed by atoms with Gasteiger partial charge in [-0.15, -0.1) is 0 Å². The lowest BCUT2D eigenvalue weighted by Crippen LogP contribution is -2.47. The molecule has 0 amide bonds. The minimum absolute atomic E-state index is 0. The van der Waals surface area contributed by atoms with E-state index in [4.69, 9.17) is 60.6 Å². The van der Waals surface area contributed by atoms with Crippen molar-refractivity contribution in [2.45, 2.75) is 236 Å². The Kier molecular flexibility index (Phi) is 79.1. The third-order valence-electron chi connectivity index (χ3n) is 15.7. The molecule has 6 rings (SSSR count). The molecule has 0 aromatic carbocycles. The van der Waals surface area contributed by atoms with Gasteiger partial charge in [0.15, 0.2) is 52.8 Å². The number of nitrogens with zero attached hydrogens (tertiary/aromatic N) is 6. The number of anilines is 3. The summed E-state index contributed by atoms with van der Waals surface area (Å²) in [7, 11) is 59.6. The molecule has 3 aromatic heterocycles. The summed E-state index contributed by atoms with van der Waals surface area (Å²) < 4.78 is 34.9. The minimum atomic E-state index is -2.07. The van der Waals surface area contributed by atoms with E-state index in [1.54, 1.807) is 139 Å². The maximum absolute atomic E-state index is 12.7. The SMILES string of the molecule is C.C.C.C.CCC(=O)ONc1ccn([C@@H]2O[C@H](CC)[C@H](C)C2O[Si](C)(C)C(C)(C)C)c(=O)n1.CCC(=O)ONc1ccn([C@@H]2O[C@H](CO)[C@H](O)C2O)c(=O)n1.CC[C@H]1O[C@@H](n2ccc(NO)nc2=O)C(O[Si](C)(C)C(C)(C)C)[C@H]1C.S=S.S=S=S=S=S=S=S=S=S=S=S=S=S=S=S=S=S=S=S=S=S=S=S=S=S=S=S=S=S=S=S=S=S=S=S=S=S=S. The number of aliphatic hydroxyl groups is 3. The highest BCUT2D eigenvalue weighted by atomic mass is 33.5. The largest absolute Gasteiger partial charge is 0.409 e. The Labute approximate surface area is 827 Å². The molecule has 67 heteroatoms. The van der Waals surface area contributed by atoms with Crippen molar-refractivity contribution in [2.24, 2.45) is 11.8 Å². The van der Waals surface area contributed by atoms with Crippen molar-refractivity contribution >= 4 is 410 Å². The number of aliphatic hydroxyl groups excluding tert-OH is 3. The van der Waals surface area contributed by atoms with Crippen LogP contribution in [0.1, 0.15) is 157 Å². The Morgan fingerprint density at radius 1 is 0.442 bits per heavy atom. The van der Waals surface area contributed by atoms with E-state index in [2.05, 4.69) is 149 Å². The van der Waals surface area contributed by atoms with Gasteiger partial charge in [-0.25, -0.2) is 34.9 Å². The number of hydrogen-bond donors (Lipinski definition) is 7. The van der Waals surface area contributed by atoms with Crippen LogP contribution in [0, 0.1) is 11.8 Å². The fraction of sp³-hybridized carbons (Fsp3) is 0.736. The summed E-state index contributed by atoms with van der Waals surface area (Å²) in [5.41, 5.74) is 4.79. The van der Waals surface area contributed by atoms with E-state index in [9.17, 15) is 34.2 Å². The number of aromatic nitrogens is 6.